The molecule has 1 aromatic carbocycles. The highest BCUT2D eigenvalue weighted by atomic mass is 16.2. The number of rotatable bonds is 5. The summed E-state index contributed by atoms with van der Waals surface area (Å²) in [6, 6.07) is 7.10. The molecule has 25 heavy (non-hydrogen) atoms. The highest BCUT2D eigenvalue weighted by Gasteiger charge is 2.41. The Labute approximate surface area is 148 Å². The molecule has 0 aliphatic carbocycles. The molecule has 2 saturated heterocycles. The zero-order valence-corrected chi connectivity index (χ0v) is 14.8. The van der Waals surface area contributed by atoms with Gasteiger partial charge in [0.15, 0.2) is 0 Å². The van der Waals surface area contributed by atoms with E-state index >= 15 is 0 Å². The highest BCUT2D eigenvalue weighted by molar-refractivity contribution is 5.95. The Balaban J connectivity index is 1.64. The van der Waals surface area contributed by atoms with Gasteiger partial charge in [-0.3, -0.25) is 14.4 Å². The van der Waals surface area contributed by atoms with Crippen molar-refractivity contribution in [2.24, 2.45) is 0 Å². The Morgan fingerprint density at radius 3 is 2.68 bits per heavy atom. The maximum absolute atomic E-state index is 12.6. The first-order chi connectivity index (χ1) is 12.0. The molecule has 2 fully saturated rings. The second-order valence-corrected chi connectivity index (χ2v) is 6.92. The lowest BCUT2D eigenvalue weighted by atomic mass is 10.1. The number of nitrogens with zero attached hydrogens (tertiary/aromatic N) is 2. The predicted octanol–water partition coefficient (Wildman–Crippen LogP) is 1.55. The van der Waals surface area contributed by atoms with Gasteiger partial charge in [0.2, 0.25) is 11.8 Å². The summed E-state index contributed by atoms with van der Waals surface area (Å²) in [6.45, 7) is 5.24. The van der Waals surface area contributed by atoms with Gasteiger partial charge in [0.05, 0.1) is 0 Å². The van der Waals surface area contributed by atoms with Crippen LogP contribution >= 0.6 is 0 Å². The Morgan fingerprint density at radius 2 is 2.00 bits per heavy atom. The number of amides is 3. The number of piperazine rings is 1. The van der Waals surface area contributed by atoms with E-state index in [-0.39, 0.29) is 36.3 Å². The average Bonchev–Trinajstić information content (AvgIpc) is 3.10. The SMILES string of the molecule is CC[C@@H](C)NC(=O)c1ccc(CN2CC(=O)N3CCC[C@H]3C2=O)cc1. The zero-order valence-electron chi connectivity index (χ0n) is 14.8. The van der Waals surface area contributed by atoms with Crippen LogP contribution in [0.1, 0.15) is 49.0 Å². The zero-order chi connectivity index (χ0) is 18.0. The summed E-state index contributed by atoms with van der Waals surface area (Å²) in [6.07, 6.45) is 2.54. The third-order valence-electron chi connectivity index (χ3n) is 5.08. The summed E-state index contributed by atoms with van der Waals surface area (Å²) >= 11 is 0. The molecule has 0 saturated carbocycles. The lowest BCUT2D eigenvalue weighted by molar-refractivity contribution is -0.154. The van der Waals surface area contributed by atoms with Gasteiger partial charge < -0.3 is 15.1 Å². The van der Waals surface area contributed by atoms with E-state index in [9.17, 15) is 14.4 Å². The van der Waals surface area contributed by atoms with E-state index in [1.165, 1.54) is 0 Å². The maximum Gasteiger partial charge on any atom is 0.251 e. The number of nitrogens with one attached hydrogen (secondary N) is 1. The maximum atomic E-state index is 12.6. The van der Waals surface area contributed by atoms with Crippen LogP contribution in [0.25, 0.3) is 0 Å². The molecule has 2 aliphatic rings. The molecule has 0 spiro atoms. The van der Waals surface area contributed by atoms with Crippen LogP contribution in [0.5, 0.6) is 0 Å². The molecule has 0 unspecified atom stereocenters. The first kappa shape index (κ1) is 17.5. The van der Waals surface area contributed by atoms with Crippen LogP contribution in [0.4, 0.5) is 0 Å². The van der Waals surface area contributed by atoms with Crippen LogP contribution in [0.2, 0.25) is 0 Å². The van der Waals surface area contributed by atoms with Gasteiger partial charge in [-0.15, -0.1) is 0 Å². The van der Waals surface area contributed by atoms with Crippen molar-refractivity contribution < 1.29 is 14.4 Å². The molecule has 1 N–H and O–H groups in total. The molecule has 0 aromatic heterocycles. The summed E-state index contributed by atoms with van der Waals surface area (Å²) < 4.78 is 0. The Morgan fingerprint density at radius 1 is 1.28 bits per heavy atom. The van der Waals surface area contributed by atoms with Crippen molar-refractivity contribution in [3.05, 3.63) is 35.4 Å². The van der Waals surface area contributed by atoms with Crippen LogP contribution in [-0.4, -0.2) is 52.7 Å². The van der Waals surface area contributed by atoms with Crippen molar-refractivity contribution in [1.29, 1.82) is 0 Å². The summed E-state index contributed by atoms with van der Waals surface area (Å²) in [5.41, 5.74) is 1.53. The molecule has 0 bridgehead atoms. The minimum atomic E-state index is -0.276. The van der Waals surface area contributed by atoms with Gasteiger partial charge in [-0.05, 0) is 43.9 Å². The van der Waals surface area contributed by atoms with Crippen molar-refractivity contribution in [1.82, 2.24) is 15.1 Å². The monoisotopic (exact) mass is 343 g/mol. The van der Waals surface area contributed by atoms with Crippen molar-refractivity contribution in [3.63, 3.8) is 0 Å². The molecule has 2 aliphatic heterocycles. The Kier molecular flexibility index (Phi) is 5.06. The van der Waals surface area contributed by atoms with E-state index in [4.69, 9.17) is 0 Å². The van der Waals surface area contributed by atoms with E-state index < -0.39 is 0 Å². The van der Waals surface area contributed by atoms with E-state index in [0.717, 1.165) is 24.8 Å². The summed E-state index contributed by atoms with van der Waals surface area (Å²) in [5.74, 6) is -0.0194. The third-order valence-corrected chi connectivity index (χ3v) is 5.08. The molecular formula is C19H25N3O3. The molecule has 134 valence electrons. The molecule has 2 heterocycles. The number of hydrogen-bond donors (Lipinski definition) is 1. The predicted molar refractivity (Wildman–Crippen MR) is 93.8 cm³/mol. The van der Waals surface area contributed by atoms with Gasteiger partial charge in [0.25, 0.3) is 5.91 Å². The minimum absolute atomic E-state index is 0.0339. The van der Waals surface area contributed by atoms with Crippen molar-refractivity contribution in [3.8, 4) is 0 Å². The van der Waals surface area contributed by atoms with E-state index in [1.54, 1.807) is 21.9 Å². The summed E-state index contributed by atoms with van der Waals surface area (Å²) in [5, 5.41) is 2.93. The molecule has 2 atom stereocenters. The summed E-state index contributed by atoms with van der Waals surface area (Å²) in [4.78, 5) is 40.2. The fourth-order valence-electron chi connectivity index (χ4n) is 3.39. The van der Waals surface area contributed by atoms with Crippen molar-refractivity contribution in [2.75, 3.05) is 13.1 Å². The van der Waals surface area contributed by atoms with E-state index in [0.29, 0.717) is 18.7 Å². The molecule has 1 aromatic rings. The van der Waals surface area contributed by atoms with Gasteiger partial charge in [0.1, 0.15) is 12.6 Å². The third kappa shape index (κ3) is 3.67. The first-order valence-electron chi connectivity index (χ1n) is 8.97. The van der Waals surface area contributed by atoms with Gasteiger partial charge in [0, 0.05) is 24.7 Å². The Hall–Kier alpha value is -2.37. The standard InChI is InChI=1S/C19H25N3O3/c1-3-13(2)20-18(24)15-8-6-14(7-9-15)11-21-12-17(23)22-10-4-5-16(22)19(21)25/h6-9,13,16H,3-5,10-12H2,1-2H3,(H,20,24)/t13-,16+/m1/s1. The molecule has 6 heteroatoms. The number of fused-ring (bicyclic) bond motifs is 1. The van der Waals surface area contributed by atoms with Gasteiger partial charge in [-0.2, -0.15) is 0 Å². The summed E-state index contributed by atoms with van der Waals surface area (Å²) in [7, 11) is 0. The van der Waals surface area contributed by atoms with Gasteiger partial charge in [-0.1, -0.05) is 19.1 Å². The minimum Gasteiger partial charge on any atom is -0.350 e. The molecule has 6 nitrogen and oxygen atoms in total. The van der Waals surface area contributed by atoms with Crippen LogP contribution in [0.3, 0.4) is 0 Å². The van der Waals surface area contributed by atoms with Crippen LogP contribution in [0, 0.1) is 0 Å². The largest absolute Gasteiger partial charge is 0.350 e. The van der Waals surface area contributed by atoms with Gasteiger partial charge in [-0.25, -0.2) is 0 Å². The van der Waals surface area contributed by atoms with E-state index in [2.05, 4.69) is 5.32 Å². The first-order valence-corrected chi connectivity index (χ1v) is 8.97. The fourth-order valence-corrected chi connectivity index (χ4v) is 3.39. The van der Waals surface area contributed by atoms with Gasteiger partial charge >= 0.3 is 0 Å². The van der Waals surface area contributed by atoms with Crippen LogP contribution < -0.4 is 5.32 Å². The molecule has 0 radical (unpaired) electrons. The van der Waals surface area contributed by atoms with Crippen molar-refractivity contribution in [2.45, 2.75) is 51.7 Å². The number of carbonyl (C=O) groups excluding carboxylic acids is 3. The smallest absolute Gasteiger partial charge is 0.251 e. The average molecular weight is 343 g/mol. The highest BCUT2D eigenvalue weighted by Crippen LogP contribution is 2.24. The topological polar surface area (TPSA) is 69.7 Å². The number of carbonyl (C=O) groups is 3. The van der Waals surface area contributed by atoms with Crippen LogP contribution in [0.15, 0.2) is 24.3 Å². The fraction of sp³-hybridized carbons (Fsp3) is 0.526. The molecular weight excluding hydrogens is 318 g/mol. The second-order valence-electron chi connectivity index (χ2n) is 6.92. The lowest BCUT2D eigenvalue weighted by Crippen LogP contribution is -2.56. The number of benzene rings is 1. The lowest BCUT2D eigenvalue weighted by Gasteiger charge is -2.36. The van der Waals surface area contributed by atoms with Crippen molar-refractivity contribution >= 4 is 17.7 Å². The van der Waals surface area contributed by atoms with Crippen LogP contribution in [-0.2, 0) is 16.1 Å². The quantitative estimate of drug-likeness (QED) is 0.882. The van der Waals surface area contributed by atoms with E-state index in [1.807, 2.05) is 26.0 Å². The molecule has 3 amide bonds. The Bertz CT molecular complexity index is 671. The normalized spacial score (nSPS) is 21.3. The second kappa shape index (κ2) is 7.25. The number of hydrogen-bond acceptors (Lipinski definition) is 3. The molecule has 3 rings (SSSR count).